The van der Waals surface area contributed by atoms with Crippen molar-refractivity contribution in [3.05, 3.63) is 45.6 Å². The number of hydrogen-bond donors (Lipinski definition) is 1. The highest BCUT2D eigenvalue weighted by Crippen LogP contribution is 2.33. The van der Waals surface area contributed by atoms with Crippen molar-refractivity contribution in [1.82, 2.24) is 14.3 Å². The summed E-state index contributed by atoms with van der Waals surface area (Å²) in [7, 11) is 0. The van der Waals surface area contributed by atoms with Gasteiger partial charge in [0, 0.05) is 18.7 Å². The van der Waals surface area contributed by atoms with Crippen LogP contribution in [-0.2, 0) is 30.5 Å². The van der Waals surface area contributed by atoms with E-state index in [1.54, 1.807) is 4.57 Å². The van der Waals surface area contributed by atoms with Gasteiger partial charge in [-0.15, -0.1) is 0 Å². The lowest BCUT2D eigenvalue weighted by Crippen LogP contribution is -2.30. The first-order valence-corrected chi connectivity index (χ1v) is 8.40. The number of fused-ring (bicyclic) bond motifs is 1. The zero-order chi connectivity index (χ0) is 18.9. The van der Waals surface area contributed by atoms with Crippen LogP contribution < -0.4 is 11.0 Å². The minimum atomic E-state index is -4.50. The number of amides is 1. The molecule has 1 aromatic heterocycles. The fourth-order valence-corrected chi connectivity index (χ4v) is 3.07. The van der Waals surface area contributed by atoms with E-state index in [0.29, 0.717) is 18.8 Å². The third-order valence-electron chi connectivity index (χ3n) is 4.40. The summed E-state index contributed by atoms with van der Waals surface area (Å²) >= 11 is 0. The highest BCUT2D eigenvalue weighted by molar-refractivity contribution is 5.90. The second-order valence-corrected chi connectivity index (χ2v) is 6.39. The molecule has 0 saturated heterocycles. The Hall–Kier alpha value is -2.58. The van der Waals surface area contributed by atoms with Crippen LogP contribution in [-0.4, -0.2) is 20.3 Å². The van der Waals surface area contributed by atoms with Gasteiger partial charge in [-0.3, -0.25) is 9.36 Å². The van der Waals surface area contributed by atoms with E-state index in [1.165, 1.54) is 19.1 Å². The lowest BCUT2D eigenvalue weighted by atomic mass is 10.1. The topological polar surface area (TPSA) is 68.9 Å². The van der Waals surface area contributed by atoms with Crippen LogP contribution in [0.5, 0.6) is 0 Å². The quantitative estimate of drug-likeness (QED) is 0.906. The van der Waals surface area contributed by atoms with Crippen LogP contribution >= 0.6 is 0 Å². The molecule has 0 bridgehead atoms. The first kappa shape index (κ1) is 18.2. The maximum absolute atomic E-state index is 13.0. The highest BCUT2D eigenvalue weighted by Gasteiger charge is 2.32. The summed E-state index contributed by atoms with van der Waals surface area (Å²) in [4.78, 5) is 24.5. The SMILES string of the molecule is Cc1ccc(NC(=O)Cn2nc3n(c2=O)CCCCC3)cc1C(F)(F)F. The van der Waals surface area contributed by atoms with Crippen molar-refractivity contribution in [1.29, 1.82) is 0 Å². The van der Waals surface area contributed by atoms with E-state index < -0.39 is 17.6 Å². The van der Waals surface area contributed by atoms with Crippen LogP contribution in [0.3, 0.4) is 0 Å². The summed E-state index contributed by atoms with van der Waals surface area (Å²) in [6, 6.07) is 3.58. The van der Waals surface area contributed by atoms with Crippen molar-refractivity contribution in [3.8, 4) is 0 Å². The summed E-state index contributed by atoms with van der Waals surface area (Å²) < 4.78 is 41.5. The number of carbonyl (C=O) groups is 1. The molecule has 1 aromatic carbocycles. The molecule has 0 fully saturated rings. The predicted octanol–water partition coefficient (Wildman–Crippen LogP) is 2.74. The molecule has 0 spiro atoms. The number of aromatic nitrogens is 3. The van der Waals surface area contributed by atoms with Crippen LogP contribution in [0.25, 0.3) is 0 Å². The lowest BCUT2D eigenvalue weighted by molar-refractivity contribution is -0.138. The van der Waals surface area contributed by atoms with Crippen molar-refractivity contribution in [2.45, 2.75) is 51.9 Å². The second kappa shape index (κ2) is 6.97. The number of nitrogens with one attached hydrogen (secondary N) is 1. The average Bonchev–Trinajstić information content (AvgIpc) is 2.73. The number of carbonyl (C=O) groups excluding carboxylic acids is 1. The summed E-state index contributed by atoms with van der Waals surface area (Å²) in [5, 5.41) is 6.59. The van der Waals surface area contributed by atoms with Crippen molar-refractivity contribution >= 4 is 11.6 Å². The molecule has 9 heteroatoms. The number of benzene rings is 1. The number of hydrogen-bond acceptors (Lipinski definition) is 3. The number of aryl methyl sites for hydroxylation is 2. The minimum Gasteiger partial charge on any atom is -0.324 e. The average molecular weight is 368 g/mol. The van der Waals surface area contributed by atoms with Crippen LogP contribution in [0.15, 0.2) is 23.0 Å². The zero-order valence-electron chi connectivity index (χ0n) is 14.3. The summed E-state index contributed by atoms with van der Waals surface area (Å²) in [6.45, 7) is 1.59. The summed E-state index contributed by atoms with van der Waals surface area (Å²) in [6.07, 6.45) is -0.973. The molecular weight excluding hydrogens is 349 g/mol. The van der Waals surface area contributed by atoms with E-state index >= 15 is 0 Å². The van der Waals surface area contributed by atoms with E-state index in [0.717, 1.165) is 30.0 Å². The zero-order valence-corrected chi connectivity index (χ0v) is 14.3. The second-order valence-electron chi connectivity index (χ2n) is 6.39. The van der Waals surface area contributed by atoms with E-state index in [2.05, 4.69) is 10.4 Å². The molecule has 0 saturated carbocycles. The highest BCUT2D eigenvalue weighted by atomic mass is 19.4. The monoisotopic (exact) mass is 368 g/mol. The van der Waals surface area contributed by atoms with Crippen molar-refractivity contribution in [2.75, 3.05) is 5.32 Å². The summed E-state index contributed by atoms with van der Waals surface area (Å²) in [5.41, 5.74) is -1.07. The van der Waals surface area contributed by atoms with Gasteiger partial charge in [0.2, 0.25) is 5.91 Å². The minimum absolute atomic E-state index is 0.0294. The molecule has 0 unspecified atom stereocenters. The van der Waals surface area contributed by atoms with Gasteiger partial charge in [-0.1, -0.05) is 12.5 Å². The Kier molecular flexibility index (Phi) is 4.88. The Morgan fingerprint density at radius 1 is 1.27 bits per heavy atom. The molecular formula is C17H19F3N4O2. The number of rotatable bonds is 3. The fourth-order valence-electron chi connectivity index (χ4n) is 3.07. The van der Waals surface area contributed by atoms with Gasteiger partial charge in [0.1, 0.15) is 12.4 Å². The Bertz CT molecular complexity index is 883. The van der Waals surface area contributed by atoms with Crippen LogP contribution in [0.4, 0.5) is 18.9 Å². The normalized spacial score (nSPS) is 14.6. The molecule has 1 aliphatic heterocycles. The molecule has 6 nitrogen and oxygen atoms in total. The predicted molar refractivity (Wildman–Crippen MR) is 88.9 cm³/mol. The third-order valence-corrected chi connectivity index (χ3v) is 4.40. The number of anilines is 1. The molecule has 0 aliphatic carbocycles. The van der Waals surface area contributed by atoms with E-state index in [1.807, 2.05) is 0 Å². The van der Waals surface area contributed by atoms with Crippen LogP contribution in [0, 0.1) is 6.92 Å². The first-order valence-electron chi connectivity index (χ1n) is 8.40. The van der Waals surface area contributed by atoms with Gasteiger partial charge in [-0.2, -0.15) is 18.3 Å². The van der Waals surface area contributed by atoms with Crippen LogP contribution in [0.2, 0.25) is 0 Å². The van der Waals surface area contributed by atoms with Gasteiger partial charge in [-0.25, -0.2) is 9.48 Å². The van der Waals surface area contributed by atoms with Gasteiger partial charge in [0.05, 0.1) is 5.56 Å². The molecule has 140 valence electrons. The molecule has 26 heavy (non-hydrogen) atoms. The number of alkyl halides is 3. The number of nitrogens with zero attached hydrogens (tertiary/aromatic N) is 3. The van der Waals surface area contributed by atoms with Crippen molar-refractivity contribution < 1.29 is 18.0 Å². The first-order chi connectivity index (χ1) is 12.3. The van der Waals surface area contributed by atoms with Gasteiger partial charge in [0.15, 0.2) is 0 Å². The Morgan fingerprint density at radius 3 is 2.77 bits per heavy atom. The standard InChI is InChI=1S/C17H19F3N4O2/c1-11-6-7-12(9-13(11)17(18,19)20)21-15(25)10-24-16(26)23-8-4-2-3-5-14(23)22-24/h6-7,9H,2-5,8,10H2,1H3,(H,21,25). The smallest absolute Gasteiger partial charge is 0.324 e. The Morgan fingerprint density at radius 2 is 2.04 bits per heavy atom. The maximum Gasteiger partial charge on any atom is 0.416 e. The fraction of sp³-hybridized carbons (Fsp3) is 0.471. The Labute approximate surface area is 147 Å². The van der Waals surface area contributed by atoms with Crippen LogP contribution in [0.1, 0.15) is 36.2 Å². The molecule has 1 N–H and O–H groups in total. The summed E-state index contributed by atoms with van der Waals surface area (Å²) in [5.74, 6) is 0.0485. The maximum atomic E-state index is 13.0. The largest absolute Gasteiger partial charge is 0.416 e. The molecule has 0 atom stereocenters. The van der Waals surface area contributed by atoms with Gasteiger partial charge in [-0.05, 0) is 37.5 Å². The van der Waals surface area contributed by atoms with E-state index in [9.17, 15) is 22.8 Å². The van der Waals surface area contributed by atoms with Crippen molar-refractivity contribution in [3.63, 3.8) is 0 Å². The van der Waals surface area contributed by atoms with Crippen molar-refractivity contribution in [2.24, 2.45) is 0 Å². The molecule has 2 aromatic rings. The molecule has 3 rings (SSSR count). The molecule has 1 aliphatic rings. The number of halogens is 3. The molecule has 0 radical (unpaired) electrons. The lowest BCUT2D eigenvalue weighted by Gasteiger charge is -2.12. The van der Waals surface area contributed by atoms with Gasteiger partial charge < -0.3 is 5.32 Å². The molecule has 2 heterocycles. The molecule has 1 amide bonds. The Balaban J connectivity index is 1.75. The van der Waals surface area contributed by atoms with Gasteiger partial charge >= 0.3 is 11.9 Å². The van der Waals surface area contributed by atoms with Gasteiger partial charge in [0.25, 0.3) is 0 Å². The third kappa shape index (κ3) is 3.81. The van der Waals surface area contributed by atoms with E-state index in [-0.39, 0.29) is 23.5 Å². The van der Waals surface area contributed by atoms with E-state index in [4.69, 9.17) is 0 Å².